The number of rotatable bonds is 6. The van der Waals surface area contributed by atoms with Crippen LogP contribution in [0, 0.1) is 0 Å². The number of benzene rings is 8. The monoisotopic (exact) mass is 704 g/mol. The number of furan rings is 1. The van der Waals surface area contributed by atoms with Crippen molar-refractivity contribution in [3.05, 3.63) is 205 Å². The molecule has 0 spiro atoms. The predicted octanol–water partition coefficient (Wildman–Crippen LogP) is 14.4. The fraction of sp³-hybridized carbons (Fsp3) is 0.0385. The summed E-state index contributed by atoms with van der Waals surface area (Å²) >= 11 is 0. The summed E-state index contributed by atoms with van der Waals surface area (Å²) in [6, 6.07) is 65.5. The Bertz CT molecular complexity index is 3130. The van der Waals surface area contributed by atoms with Crippen LogP contribution in [0.4, 0.5) is 11.4 Å². The van der Waals surface area contributed by atoms with Crippen LogP contribution in [0.25, 0.3) is 76.9 Å². The number of para-hydroxylation sites is 3. The Morgan fingerprint density at radius 3 is 2.02 bits per heavy atom. The highest BCUT2D eigenvalue weighted by Gasteiger charge is 2.20. The molecule has 0 radical (unpaired) electrons. The minimum absolute atomic E-state index is 0.913. The van der Waals surface area contributed by atoms with Gasteiger partial charge >= 0.3 is 0 Å². The van der Waals surface area contributed by atoms with Gasteiger partial charge < -0.3 is 13.9 Å². The van der Waals surface area contributed by atoms with Gasteiger partial charge in [-0.25, -0.2) is 0 Å². The van der Waals surface area contributed by atoms with Crippen molar-refractivity contribution in [2.24, 2.45) is 0 Å². The van der Waals surface area contributed by atoms with E-state index in [-0.39, 0.29) is 0 Å². The Hall–Kier alpha value is -7.10. The normalized spacial score (nSPS) is 13.2. The van der Waals surface area contributed by atoms with Crippen LogP contribution in [0.5, 0.6) is 0 Å². The predicted molar refractivity (Wildman–Crippen MR) is 231 cm³/mol. The second kappa shape index (κ2) is 12.8. The van der Waals surface area contributed by atoms with Gasteiger partial charge in [-0.1, -0.05) is 133 Å². The molecule has 0 aliphatic heterocycles. The highest BCUT2D eigenvalue weighted by molar-refractivity contribution is 6.21. The first-order valence-corrected chi connectivity index (χ1v) is 19.1. The van der Waals surface area contributed by atoms with E-state index >= 15 is 0 Å². The second-order valence-corrected chi connectivity index (χ2v) is 14.4. The lowest BCUT2D eigenvalue weighted by Gasteiger charge is -2.29. The van der Waals surface area contributed by atoms with E-state index in [2.05, 4.69) is 191 Å². The van der Waals surface area contributed by atoms with Gasteiger partial charge in [-0.2, -0.15) is 0 Å². The summed E-state index contributed by atoms with van der Waals surface area (Å²) in [5.41, 5.74) is 13.6. The number of fused-ring (bicyclic) bond motifs is 8. The van der Waals surface area contributed by atoms with Crippen molar-refractivity contribution < 1.29 is 4.42 Å². The molecular weight excluding hydrogens is 669 g/mol. The van der Waals surface area contributed by atoms with Crippen LogP contribution in [0.1, 0.15) is 18.4 Å². The van der Waals surface area contributed by atoms with E-state index in [0.717, 1.165) is 63.0 Å². The Balaban J connectivity index is 1.03. The maximum atomic E-state index is 6.42. The largest absolute Gasteiger partial charge is 0.455 e. The zero-order valence-electron chi connectivity index (χ0n) is 30.2. The van der Waals surface area contributed by atoms with Gasteiger partial charge in [-0.05, 0) is 101 Å². The molecule has 3 heteroatoms. The van der Waals surface area contributed by atoms with Gasteiger partial charge in [0.15, 0.2) is 0 Å². The molecule has 0 saturated carbocycles. The molecule has 0 atom stereocenters. The van der Waals surface area contributed by atoms with Crippen molar-refractivity contribution >= 4 is 71.5 Å². The molecule has 55 heavy (non-hydrogen) atoms. The van der Waals surface area contributed by atoms with Crippen LogP contribution in [-0.4, -0.2) is 4.57 Å². The minimum Gasteiger partial charge on any atom is -0.455 e. The van der Waals surface area contributed by atoms with Crippen molar-refractivity contribution in [1.29, 1.82) is 0 Å². The van der Waals surface area contributed by atoms with Gasteiger partial charge in [0.05, 0.1) is 11.0 Å². The zero-order valence-corrected chi connectivity index (χ0v) is 30.2. The molecular formula is C52H36N2O. The molecule has 0 unspecified atom stereocenters. The van der Waals surface area contributed by atoms with E-state index in [1.807, 2.05) is 12.1 Å². The van der Waals surface area contributed by atoms with Crippen LogP contribution < -0.4 is 4.90 Å². The van der Waals surface area contributed by atoms with Gasteiger partial charge in [0, 0.05) is 49.9 Å². The van der Waals surface area contributed by atoms with Crippen LogP contribution in [0.15, 0.2) is 204 Å². The van der Waals surface area contributed by atoms with Crippen molar-refractivity contribution in [3.8, 4) is 16.8 Å². The lowest BCUT2D eigenvalue weighted by Crippen LogP contribution is -2.17. The third kappa shape index (κ3) is 5.20. The minimum atomic E-state index is 0.913. The quantitative estimate of drug-likeness (QED) is 0.172. The molecule has 2 heterocycles. The van der Waals surface area contributed by atoms with E-state index in [4.69, 9.17) is 4.42 Å². The maximum absolute atomic E-state index is 6.42. The summed E-state index contributed by atoms with van der Waals surface area (Å²) in [6.07, 6.45) is 6.74. The van der Waals surface area contributed by atoms with Gasteiger partial charge in [0.2, 0.25) is 0 Å². The molecule has 11 rings (SSSR count). The Labute approximate surface area is 319 Å². The van der Waals surface area contributed by atoms with Gasteiger partial charge in [-0.3, -0.25) is 0 Å². The summed E-state index contributed by atoms with van der Waals surface area (Å²) in [5, 5.41) is 7.38. The van der Waals surface area contributed by atoms with Crippen LogP contribution in [0.2, 0.25) is 0 Å². The Morgan fingerprint density at radius 2 is 1.18 bits per heavy atom. The summed E-state index contributed by atoms with van der Waals surface area (Å²) < 4.78 is 8.83. The molecule has 2 aromatic heterocycles. The molecule has 3 nitrogen and oxygen atoms in total. The number of hydrogen-bond acceptors (Lipinski definition) is 2. The standard InChI is InChI=1S/C52H36N2O/c1-2-12-35(13-3-1)38-15-10-16-42(34-38)53(39-27-24-37(25-28-39)44-20-11-21-46-45-18-7-9-23-50(45)55-52(44)46)40-29-31-41(32-30-40)54-48-22-8-6-19-47(48)51-43-17-5-4-14-36(43)26-33-49(51)54/h1-9,11-14,16-34H,10,15H2. The second-order valence-electron chi connectivity index (χ2n) is 14.4. The van der Waals surface area contributed by atoms with E-state index in [9.17, 15) is 0 Å². The van der Waals surface area contributed by atoms with Crippen LogP contribution in [-0.2, 0) is 0 Å². The van der Waals surface area contributed by atoms with E-state index < -0.39 is 0 Å². The first-order valence-electron chi connectivity index (χ1n) is 19.1. The maximum Gasteiger partial charge on any atom is 0.143 e. The third-order valence-corrected chi connectivity index (χ3v) is 11.3. The topological polar surface area (TPSA) is 21.3 Å². The van der Waals surface area contributed by atoms with Gasteiger partial charge in [0.25, 0.3) is 0 Å². The number of aromatic nitrogens is 1. The van der Waals surface area contributed by atoms with E-state index in [1.54, 1.807) is 0 Å². The first-order chi connectivity index (χ1) is 27.3. The number of hydrogen-bond donors (Lipinski definition) is 0. The van der Waals surface area contributed by atoms with Crippen molar-refractivity contribution in [3.63, 3.8) is 0 Å². The molecule has 1 aliphatic rings. The molecule has 0 fully saturated rings. The summed E-state index contributed by atoms with van der Waals surface area (Å²) in [7, 11) is 0. The molecule has 0 amide bonds. The fourth-order valence-electron chi connectivity index (χ4n) is 8.70. The lowest BCUT2D eigenvalue weighted by molar-refractivity contribution is 0.670. The van der Waals surface area contributed by atoms with E-state index in [1.165, 1.54) is 49.4 Å². The van der Waals surface area contributed by atoms with Crippen LogP contribution in [0.3, 0.4) is 0 Å². The summed E-state index contributed by atoms with van der Waals surface area (Å²) in [4.78, 5) is 2.40. The van der Waals surface area contributed by atoms with Gasteiger partial charge in [0.1, 0.15) is 11.2 Å². The third-order valence-electron chi connectivity index (χ3n) is 11.3. The molecule has 0 N–H and O–H groups in total. The SMILES string of the molecule is C1=C(c2ccccc2)CCC=C1N(c1ccc(-c2cccc3c2oc2ccccc23)cc1)c1ccc(-n2c3ccccc3c3c4ccccc4ccc32)cc1. The van der Waals surface area contributed by atoms with Crippen molar-refractivity contribution in [2.45, 2.75) is 12.8 Å². The highest BCUT2D eigenvalue weighted by Crippen LogP contribution is 2.41. The molecule has 0 saturated heterocycles. The molecule has 0 bridgehead atoms. The first kappa shape index (κ1) is 31.4. The molecule has 10 aromatic rings. The fourth-order valence-corrected chi connectivity index (χ4v) is 8.70. The van der Waals surface area contributed by atoms with Gasteiger partial charge in [-0.15, -0.1) is 0 Å². The summed E-state index contributed by atoms with van der Waals surface area (Å²) in [6.45, 7) is 0. The van der Waals surface area contributed by atoms with Crippen molar-refractivity contribution in [2.75, 3.05) is 4.90 Å². The highest BCUT2D eigenvalue weighted by atomic mass is 16.3. The Morgan fingerprint density at radius 1 is 0.491 bits per heavy atom. The lowest BCUT2D eigenvalue weighted by atomic mass is 9.95. The zero-order chi connectivity index (χ0) is 36.3. The smallest absolute Gasteiger partial charge is 0.143 e. The van der Waals surface area contributed by atoms with Crippen molar-refractivity contribution in [1.82, 2.24) is 4.57 Å². The van der Waals surface area contributed by atoms with Crippen LogP contribution >= 0.6 is 0 Å². The number of anilines is 2. The number of nitrogens with zero attached hydrogens (tertiary/aromatic N) is 2. The molecule has 1 aliphatic carbocycles. The average Bonchev–Trinajstić information content (AvgIpc) is 3.81. The average molecular weight is 705 g/mol. The Kier molecular flexibility index (Phi) is 7.31. The number of allylic oxidation sites excluding steroid dienone is 3. The van der Waals surface area contributed by atoms with E-state index in [0.29, 0.717) is 0 Å². The summed E-state index contributed by atoms with van der Waals surface area (Å²) in [5.74, 6) is 0. The molecule has 8 aromatic carbocycles. The molecule has 260 valence electrons.